The van der Waals surface area contributed by atoms with Crippen molar-refractivity contribution in [3.05, 3.63) is 241 Å². The highest BCUT2D eigenvalue weighted by atomic mass is 15.1. The van der Waals surface area contributed by atoms with Crippen LogP contribution in [-0.2, 0) is 0 Å². The fourth-order valence-corrected chi connectivity index (χ4v) is 6.11. The highest BCUT2D eigenvalue weighted by Crippen LogP contribution is 2.38. The Morgan fingerprint density at radius 1 is 0.673 bits per heavy atom. The van der Waals surface area contributed by atoms with E-state index < -0.39 is 0 Å². The van der Waals surface area contributed by atoms with Crippen LogP contribution in [0.2, 0.25) is 0 Å². The minimum Gasteiger partial charge on any atom is -0.316 e. The van der Waals surface area contributed by atoms with Crippen molar-refractivity contribution in [2.45, 2.75) is 12.8 Å². The third kappa shape index (κ3) is 7.70. The van der Waals surface area contributed by atoms with Crippen molar-refractivity contribution < 1.29 is 0 Å². The van der Waals surface area contributed by atoms with Crippen LogP contribution in [-0.4, -0.2) is 0 Å². The van der Waals surface area contributed by atoms with Crippen LogP contribution in [0.15, 0.2) is 208 Å². The Hall–Kier alpha value is -6.18. The second-order valence-corrected chi connectivity index (χ2v) is 12.0. The van der Waals surface area contributed by atoms with Gasteiger partial charge in [-0.15, -0.1) is 0 Å². The normalized spacial score (nSPS) is 15.6. The lowest BCUT2D eigenvalue weighted by Gasteiger charge is -2.27. The monoisotopic (exact) mass is 631 g/mol. The van der Waals surface area contributed by atoms with Crippen LogP contribution in [0.25, 0.3) is 22.3 Å². The molecule has 1 unspecified atom stereocenters. The number of fused-ring (bicyclic) bond motifs is 1. The molecule has 1 aliphatic heterocycles. The Kier molecular flexibility index (Phi) is 10.4. The summed E-state index contributed by atoms with van der Waals surface area (Å²) >= 11 is 0. The Balaban J connectivity index is 1.40. The fourth-order valence-electron chi connectivity index (χ4n) is 6.11. The molecule has 0 radical (unpaired) electrons. The molecular formula is C48H41N. The van der Waals surface area contributed by atoms with Gasteiger partial charge in [-0.2, -0.15) is 0 Å². The first-order valence-corrected chi connectivity index (χ1v) is 16.7. The minimum absolute atomic E-state index is 0.0537. The van der Waals surface area contributed by atoms with Gasteiger partial charge in [0.2, 0.25) is 0 Å². The SMILES string of the molecule is C=C/C(=C\C(c1ccccc1)c1ccc(N2/C=C(c3ccc(C(=C)/C=C\C=C/C)cc3)\C=C/C(=C)c3ccccc32)cc1)c1ccccc1. The maximum Gasteiger partial charge on any atom is 0.0533 e. The summed E-state index contributed by atoms with van der Waals surface area (Å²) in [6.07, 6.45) is 18.8. The second kappa shape index (κ2) is 15.6. The van der Waals surface area contributed by atoms with E-state index in [0.29, 0.717) is 0 Å². The van der Waals surface area contributed by atoms with E-state index in [1.165, 1.54) is 11.1 Å². The van der Waals surface area contributed by atoms with Gasteiger partial charge in [-0.05, 0) is 75.2 Å². The number of allylic oxidation sites excluding steroid dienone is 12. The molecule has 0 aromatic heterocycles. The molecule has 1 nitrogen and oxygen atoms in total. The van der Waals surface area contributed by atoms with Gasteiger partial charge in [0.1, 0.15) is 0 Å². The molecule has 238 valence electrons. The van der Waals surface area contributed by atoms with Crippen LogP contribution in [0.3, 0.4) is 0 Å². The maximum absolute atomic E-state index is 4.44. The second-order valence-electron chi connectivity index (χ2n) is 12.0. The largest absolute Gasteiger partial charge is 0.316 e. The van der Waals surface area contributed by atoms with Crippen LogP contribution in [0, 0.1) is 0 Å². The predicted molar refractivity (Wildman–Crippen MR) is 214 cm³/mol. The van der Waals surface area contributed by atoms with Gasteiger partial charge in [-0.25, -0.2) is 0 Å². The van der Waals surface area contributed by atoms with Crippen LogP contribution < -0.4 is 4.90 Å². The lowest BCUT2D eigenvalue weighted by molar-refractivity contribution is 1.03. The van der Waals surface area contributed by atoms with E-state index in [2.05, 4.69) is 176 Å². The topological polar surface area (TPSA) is 3.24 Å². The lowest BCUT2D eigenvalue weighted by Crippen LogP contribution is -2.13. The zero-order valence-electron chi connectivity index (χ0n) is 28.0. The first-order valence-electron chi connectivity index (χ1n) is 16.7. The Morgan fingerprint density at radius 3 is 2.02 bits per heavy atom. The zero-order valence-corrected chi connectivity index (χ0v) is 28.0. The molecule has 0 aliphatic carbocycles. The van der Waals surface area contributed by atoms with Gasteiger partial charge in [-0.1, -0.05) is 184 Å². The minimum atomic E-state index is 0.0537. The maximum atomic E-state index is 4.44. The molecule has 5 aromatic rings. The summed E-state index contributed by atoms with van der Waals surface area (Å²) < 4.78 is 0. The van der Waals surface area contributed by atoms with E-state index in [0.717, 1.165) is 55.9 Å². The number of hydrogen-bond donors (Lipinski definition) is 0. The first-order chi connectivity index (χ1) is 24.1. The van der Waals surface area contributed by atoms with Crippen molar-refractivity contribution in [3.63, 3.8) is 0 Å². The van der Waals surface area contributed by atoms with Gasteiger partial charge >= 0.3 is 0 Å². The zero-order chi connectivity index (χ0) is 34.0. The third-order valence-electron chi connectivity index (χ3n) is 8.79. The standard InChI is InChI=1S/C48H41N/c1-5-7-10-17-36(3)39-26-28-41(29-27-39)44-25-24-37(4)46-22-15-16-23-48(46)49(35-44)45-32-30-43(31-33-45)47(42-20-13-9-14-21-42)34-38(6-2)40-18-11-8-12-19-40/h5-35,47H,2-4H2,1H3/b7-5-,17-10-,25-24-,38-34+,44-35+. The molecule has 0 amide bonds. The predicted octanol–water partition coefficient (Wildman–Crippen LogP) is 13.0. The van der Waals surface area contributed by atoms with Gasteiger partial charge in [0, 0.05) is 23.4 Å². The molecule has 0 N–H and O–H groups in total. The quantitative estimate of drug-likeness (QED) is 0.139. The molecule has 0 saturated carbocycles. The summed E-state index contributed by atoms with van der Waals surface area (Å²) in [5.74, 6) is 0.0537. The highest BCUT2D eigenvalue weighted by Gasteiger charge is 2.18. The molecule has 1 heteroatoms. The fraction of sp³-hybridized carbons (Fsp3) is 0.0417. The molecule has 0 fully saturated rings. The Bertz CT molecular complexity index is 2080. The molecular weight excluding hydrogens is 591 g/mol. The average molecular weight is 632 g/mol. The van der Waals surface area contributed by atoms with Gasteiger partial charge in [0.05, 0.1) is 5.69 Å². The van der Waals surface area contributed by atoms with E-state index in [9.17, 15) is 0 Å². The number of rotatable bonds is 10. The summed E-state index contributed by atoms with van der Waals surface area (Å²) in [4.78, 5) is 2.28. The van der Waals surface area contributed by atoms with E-state index in [4.69, 9.17) is 0 Å². The highest BCUT2D eigenvalue weighted by molar-refractivity contribution is 5.91. The van der Waals surface area contributed by atoms with Crippen LogP contribution in [0.5, 0.6) is 0 Å². The van der Waals surface area contributed by atoms with Gasteiger partial charge in [-0.3, -0.25) is 0 Å². The summed E-state index contributed by atoms with van der Waals surface area (Å²) in [6, 6.07) is 47.1. The van der Waals surface area contributed by atoms with Crippen molar-refractivity contribution in [1.29, 1.82) is 0 Å². The van der Waals surface area contributed by atoms with Crippen LogP contribution >= 0.6 is 0 Å². The number of benzene rings is 5. The third-order valence-corrected chi connectivity index (χ3v) is 8.79. The molecule has 1 atom stereocenters. The van der Waals surface area contributed by atoms with Gasteiger partial charge in [0.25, 0.3) is 0 Å². The molecule has 6 rings (SSSR count). The summed E-state index contributed by atoms with van der Waals surface area (Å²) in [5.41, 5.74) is 13.2. The molecule has 0 bridgehead atoms. The van der Waals surface area contributed by atoms with Gasteiger partial charge in [0.15, 0.2) is 0 Å². The van der Waals surface area contributed by atoms with E-state index in [1.807, 2.05) is 43.4 Å². The van der Waals surface area contributed by atoms with Crippen molar-refractivity contribution in [2.24, 2.45) is 0 Å². The number of nitrogens with zero attached hydrogens (tertiary/aromatic N) is 1. The van der Waals surface area contributed by atoms with Crippen molar-refractivity contribution in [2.75, 3.05) is 4.90 Å². The molecule has 49 heavy (non-hydrogen) atoms. The summed E-state index contributed by atoms with van der Waals surface area (Å²) in [5, 5.41) is 0. The summed E-state index contributed by atoms with van der Waals surface area (Å²) in [6.45, 7) is 14.8. The molecule has 1 aliphatic rings. The molecule has 1 heterocycles. The Labute approximate surface area is 291 Å². The van der Waals surface area contributed by atoms with Crippen molar-refractivity contribution in [1.82, 2.24) is 0 Å². The molecule has 5 aromatic carbocycles. The van der Waals surface area contributed by atoms with E-state index in [-0.39, 0.29) is 5.92 Å². The first kappa shape index (κ1) is 32.7. The Morgan fingerprint density at radius 2 is 1.33 bits per heavy atom. The summed E-state index contributed by atoms with van der Waals surface area (Å²) in [7, 11) is 0. The van der Waals surface area contributed by atoms with Crippen LogP contribution in [0.1, 0.15) is 46.2 Å². The average Bonchev–Trinajstić information content (AvgIpc) is 3.16. The number of para-hydroxylation sites is 1. The molecule has 0 saturated heterocycles. The number of anilines is 2. The van der Waals surface area contributed by atoms with Crippen LogP contribution in [0.4, 0.5) is 11.4 Å². The van der Waals surface area contributed by atoms with Gasteiger partial charge < -0.3 is 4.90 Å². The van der Waals surface area contributed by atoms with E-state index >= 15 is 0 Å². The molecule has 0 spiro atoms. The number of hydrogen-bond acceptors (Lipinski definition) is 1. The lowest BCUT2D eigenvalue weighted by atomic mass is 9.88. The van der Waals surface area contributed by atoms with Crippen molar-refractivity contribution in [3.8, 4) is 0 Å². The van der Waals surface area contributed by atoms with E-state index in [1.54, 1.807) is 0 Å². The van der Waals surface area contributed by atoms with Crippen molar-refractivity contribution >= 4 is 33.7 Å². The smallest absolute Gasteiger partial charge is 0.0533 e.